The largest absolute Gasteiger partial charge is 0.480 e. The summed E-state index contributed by atoms with van der Waals surface area (Å²) in [5.74, 6) is 0.0424. The first kappa shape index (κ1) is 11.0. The molecule has 76 valence electrons. The van der Waals surface area contributed by atoms with Crippen molar-refractivity contribution in [1.82, 2.24) is 4.98 Å². The van der Waals surface area contributed by atoms with Gasteiger partial charge in [-0.05, 0) is 31.2 Å². The van der Waals surface area contributed by atoms with E-state index in [1.165, 1.54) is 11.8 Å². The van der Waals surface area contributed by atoms with Crippen LogP contribution < -0.4 is 0 Å². The summed E-state index contributed by atoms with van der Waals surface area (Å²) in [4.78, 5) is 14.7. The van der Waals surface area contributed by atoms with Gasteiger partial charge in [0.25, 0.3) is 0 Å². The summed E-state index contributed by atoms with van der Waals surface area (Å²) in [6.07, 6.45) is 2.57. The minimum absolute atomic E-state index is 0.335. The monoisotopic (exact) mass is 211 g/mol. The van der Waals surface area contributed by atoms with Crippen molar-refractivity contribution in [2.24, 2.45) is 0 Å². The van der Waals surface area contributed by atoms with E-state index < -0.39 is 5.97 Å². The highest BCUT2D eigenvalue weighted by Crippen LogP contribution is 2.12. The number of aliphatic carboxylic acids is 1. The van der Waals surface area contributed by atoms with Crippen molar-refractivity contribution in [2.75, 3.05) is 5.75 Å². The minimum atomic E-state index is -0.754. The lowest BCUT2D eigenvalue weighted by molar-refractivity contribution is -0.136. The zero-order valence-electron chi connectivity index (χ0n) is 8.01. The molecule has 1 aromatic heterocycles. The average molecular weight is 211 g/mol. The second kappa shape index (κ2) is 5.65. The van der Waals surface area contributed by atoms with Crippen LogP contribution in [0, 0.1) is 0 Å². The molecular weight excluding hydrogens is 198 g/mol. The molecule has 0 aromatic carbocycles. The average Bonchev–Trinajstić information content (AvgIpc) is 2.19. The summed E-state index contributed by atoms with van der Waals surface area (Å²) in [6, 6.07) is 5.76. The van der Waals surface area contributed by atoms with Crippen LogP contribution in [0.1, 0.15) is 12.6 Å². The fourth-order valence-corrected chi connectivity index (χ4v) is 1.78. The predicted octanol–water partition coefficient (Wildman–Crippen LogP) is 1.83. The number of thioether (sulfide) groups is 1. The first-order chi connectivity index (χ1) is 6.70. The van der Waals surface area contributed by atoms with Crippen molar-refractivity contribution in [3.8, 4) is 0 Å². The SMILES string of the molecule is C[C@H](SCCc1ccccn1)C(=O)O. The molecule has 0 radical (unpaired) electrons. The van der Waals surface area contributed by atoms with Crippen LogP contribution in [0.3, 0.4) is 0 Å². The number of pyridine rings is 1. The molecule has 0 saturated carbocycles. The van der Waals surface area contributed by atoms with Gasteiger partial charge in [0, 0.05) is 11.9 Å². The Balaban J connectivity index is 2.26. The second-order valence-electron chi connectivity index (χ2n) is 2.92. The molecule has 0 aliphatic heterocycles. The molecule has 14 heavy (non-hydrogen) atoms. The van der Waals surface area contributed by atoms with Crippen LogP contribution in [0.5, 0.6) is 0 Å². The standard InChI is InChI=1S/C10H13NO2S/c1-8(10(12)13)14-7-5-9-4-2-3-6-11-9/h2-4,6,8H,5,7H2,1H3,(H,12,13)/t8-/m0/s1. The molecule has 1 atom stereocenters. The highest BCUT2D eigenvalue weighted by Gasteiger charge is 2.10. The molecule has 0 bridgehead atoms. The Labute approximate surface area is 87.6 Å². The normalized spacial score (nSPS) is 12.4. The van der Waals surface area contributed by atoms with Crippen LogP contribution in [-0.2, 0) is 11.2 Å². The topological polar surface area (TPSA) is 50.2 Å². The van der Waals surface area contributed by atoms with Crippen molar-refractivity contribution in [3.05, 3.63) is 30.1 Å². The molecule has 4 heteroatoms. The Morgan fingerprint density at radius 3 is 3.00 bits per heavy atom. The number of hydrogen-bond donors (Lipinski definition) is 1. The number of nitrogens with zero attached hydrogens (tertiary/aromatic N) is 1. The van der Waals surface area contributed by atoms with Crippen molar-refractivity contribution in [2.45, 2.75) is 18.6 Å². The number of carboxylic acids is 1. The van der Waals surface area contributed by atoms with E-state index in [2.05, 4.69) is 4.98 Å². The van der Waals surface area contributed by atoms with Crippen LogP contribution in [0.15, 0.2) is 24.4 Å². The summed E-state index contributed by atoms with van der Waals surface area (Å²) in [5.41, 5.74) is 1.01. The fraction of sp³-hybridized carbons (Fsp3) is 0.400. The van der Waals surface area contributed by atoms with Gasteiger partial charge in [0.05, 0.1) is 5.25 Å². The molecule has 0 fully saturated rings. The first-order valence-corrected chi connectivity index (χ1v) is 5.49. The molecule has 1 N–H and O–H groups in total. The predicted molar refractivity (Wildman–Crippen MR) is 57.5 cm³/mol. The van der Waals surface area contributed by atoms with Crippen molar-refractivity contribution < 1.29 is 9.90 Å². The first-order valence-electron chi connectivity index (χ1n) is 4.44. The summed E-state index contributed by atoms with van der Waals surface area (Å²) < 4.78 is 0. The zero-order chi connectivity index (χ0) is 10.4. The van der Waals surface area contributed by atoms with E-state index >= 15 is 0 Å². The molecule has 0 aliphatic rings. The molecule has 3 nitrogen and oxygen atoms in total. The van der Waals surface area contributed by atoms with Crippen molar-refractivity contribution in [1.29, 1.82) is 0 Å². The second-order valence-corrected chi connectivity index (χ2v) is 4.37. The maximum Gasteiger partial charge on any atom is 0.316 e. The fourth-order valence-electron chi connectivity index (χ4n) is 0.958. The van der Waals surface area contributed by atoms with Gasteiger partial charge in [0.2, 0.25) is 0 Å². The summed E-state index contributed by atoms with van der Waals surface area (Å²) in [5, 5.41) is 8.31. The van der Waals surface area contributed by atoms with Gasteiger partial charge in [-0.1, -0.05) is 6.07 Å². The maximum atomic E-state index is 10.5. The van der Waals surface area contributed by atoms with E-state index in [-0.39, 0.29) is 5.25 Å². The Morgan fingerprint density at radius 2 is 2.43 bits per heavy atom. The Kier molecular flexibility index (Phi) is 4.46. The highest BCUT2D eigenvalue weighted by molar-refractivity contribution is 8.00. The quantitative estimate of drug-likeness (QED) is 0.807. The van der Waals surface area contributed by atoms with Crippen LogP contribution in [0.25, 0.3) is 0 Å². The van der Waals surface area contributed by atoms with Gasteiger partial charge in [-0.25, -0.2) is 0 Å². The van der Waals surface area contributed by atoms with Gasteiger partial charge in [0.15, 0.2) is 0 Å². The van der Waals surface area contributed by atoms with E-state index in [4.69, 9.17) is 5.11 Å². The van der Waals surface area contributed by atoms with Gasteiger partial charge < -0.3 is 5.11 Å². The molecule has 0 aliphatic carbocycles. The summed E-state index contributed by atoms with van der Waals surface area (Å²) in [6.45, 7) is 1.70. The van der Waals surface area contributed by atoms with Crippen LogP contribution in [0.4, 0.5) is 0 Å². The van der Waals surface area contributed by atoms with Crippen molar-refractivity contribution >= 4 is 17.7 Å². The van der Waals surface area contributed by atoms with Gasteiger partial charge in [0.1, 0.15) is 0 Å². The Hall–Kier alpha value is -1.03. The smallest absolute Gasteiger partial charge is 0.316 e. The highest BCUT2D eigenvalue weighted by atomic mass is 32.2. The van der Waals surface area contributed by atoms with Gasteiger partial charge in [-0.2, -0.15) is 0 Å². The van der Waals surface area contributed by atoms with E-state index in [1.54, 1.807) is 13.1 Å². The van der Waals surface area contributed by atoms with Crippen LogP contribution >= 0.6 is 11.8 Å². The molecule has 0 saturated heterocycles. The van der Waals surface area contributed by atoms with Gasteiger partial charge >= 0.3 is 5.97 Å². The maximum absolute atomic E-state index is 10.5. The molecule has 0 unspecified atom stereocenters. The van der Waals surface area contributed by atoms with E-state index in [1.807, 2.05) is 18.2 Å². The Morgan fingerprint density at radius 1 is 1.64 bits per heavy atom. The zero-order valence-corrected chi connectivity index (χ0v) is 8.83. The third kappa shape index (κ3) is 3.79. The molecule has 1 heterocycles. The third-order valence-electron chi connectivity index (χ3n) is 1.80. The number of hydrogen-bond acceptors (Lipinski definition) is 3. The molecule has 1 aromatic rings. The van der Waals surface area contributed by atoms with Gasteiger partial charge in [-0.3, -0.25) is 9.78 Å². The molecule has 0 amide bonds. The van der Waals surface area contributed by atoms with Crippen LogP contribution in [0.2, 0.25) is 0 Å². The van der Waals surface area contributed by atoms with Gasteiger partial charge in [-0.15, -0.1) is 11.8 Å². The minimum Gasteiger partial charge on any atom is -0.480 e. The lowest BCUT2D eigenvalue weighted by Gasteiger charge is -2.04. The number of carboxylic acid groups (broad SMARTS) is 1. The van der Waals surface area contributed by atoms with Crippen molar-refractivity contribution in [3.63, 3.8) is 0 Å². The van der Waals surface area contributed by atoms with Crippen LogP contribution in [-0.4, -0.2) is 27.1 Å². The lowest BCUT2D eigenvalue weighted by Crippen LogP contribution is -2.12. The van der Waals surface area contributed by atoms with E-state index in [0.29, 0.717) is 0 Å². The number of aromatic nitrogens is 1. The lowest BCUT2D eigenvalue weighted by atomic mass is 10.3. The van der Waals surface area contributed by atoms with E-state index in [9.17, 15) is 4.79 Å². The summed E-state index contributed by atoms with van der Waals surface area (Å²) in [7, 11) is 0. The van der Waals surface area contributed by atoms with E-state index in [0.717, 1.165) is 17.9 Å². The third-order valence-corrected chi connectivity index (χ3v) is 2.94. The number of aryl methyl sites for hydroxylation is 1. The molecular formula is C10H13NO2S. The summed E-state index contributed by atoms with van der Waals surface area (Å²) >= 11 is 1.44. The Bertz CT molecular complexity index is 289. The molecule has 0 spiro atoms. The molecule has 1 rings (SSSR count). The number of carbonyl (C=O) groups is 1. The number of rotatable bonds is 5.